The van der Waals surface area contributed by atoms with E-state index in [1.165, 1.54) is 4.90 Å². The summed E-state index contributed by atoms with van der Waals surface area (Å²) in [5, 5.41) is 3.14. The maximum absolute atomic E-state index is 13.8. The van der Waals surface area contributed by atoms with Crippen LogP contribution in [-0.2, 0) is 4.79 Å². The molecule has 0 unspecified atom stereocenters. The van der Waals surface area contributed by atoms with Crippen LogP contribution in [0.15, 0.2) is 24.3 Å². The molecule has 34 heavy (non-hydrogen) atoms. The van der Waals surface area contributed by atoms with Gasteiger partial charge in [0.25, 0.3) is 11.8 Å². The lowest BCUT2D eigenvalue weighted by molar-refractivity contribution is -0.123. The Morgan fingerprint density at radius 2 is 1.88 bits per heavy atom. The second kappa shape index (κ2) is 11.8. The number of benzene rings is 1. The van der Waals surface area contributed by atoms with Crippen LogP contribution in [0.3, 0.4) is 0 Å². The number of hydrogen-bond donors (Lipinski definition) is 3. The number of nitrogens with two attached hydrogens (primary N) is 2. The van der Waals surface area contributed by atoms with E-state index in [-0.39, 0.29) is 28.2 Å². The second-order valence-corrected chi connectivity index (χ2v) is 9.16. The Labute approximate surface area is 204 Å². The molecule has 1 aliphatic carbocycles. The first-order chi connectivity index (χ1) is 16.4. The van der Waals surface area contributed by atoms with Gasteiger partial charge >= 0.3 is 0 Å². The summed E-state index contributed by atoms with van der Waals surface area (Å²) in [6, 6.07) is 6.38. The zero-order chi connectivity index (χ0) is 24.7. The third kappa shape index (κ3) is 5.85. The van der Waals surface area contributed by atoms with Crippen LogP contribution in [0.4, 0.5) is 11.4 Å². The van der Waals surface area contributed by atoms with Gasteiger partial charge in [0.1, 0.15) is 16.7 Å². The number of unbranched alkanes of at least 4 members (excludes halogenated alkanes) is 1. The van der Waals surface area contributed by atoms with Gasteiger partial charge in [0.15, 0.2) is 5.69 Å². The summed E-state index contributed by atoms with van der Waals surface area (Å²) in [4.78, 5) is 40.5. The molecular weight excluding hydrogens is 454 g/mol. The molecule has 9 nitrogen and oxygen atoms in total. The smallest absolute Gasteiger partial charge is 0.272 e. The molecule has 0 saturated heterocycles. The van der Waals surface area contributed by atoms with Crippen molar-refractivity contribution >= 4 is 40.6 Å². The molecule has 1 aromatic heterocycles. The molecule has 1 fully saturated rings. The molecule has 0 bridgehead atoms. The van der Waals surface area contributed by atoms with Gasteiger partial charge in [-0.15, -0.1) is 0 Å². The summed E-state index contributed by atoms with van der Waals surface area (Å²) in [5.74, 6) is -0.829. The minimum Gasteiger partial charge on any atom is -0.494 e. The van der Waals surface area contributed by atoms with Gasteiger partial charge in [-0.05, 0) is 62.0 Å². The Bertz CT molecular complexity index is 1000. The van der Waals surface area contributed by atoms with E-state index in [1.54, 1.807) is 24.3 Å². The minimum atomic E-state index is -0.804. The lowest BCUT2D eigenvalue weighted by atomic mass is 10.0. The van der Waals surface area contributed by atoms with E-state index in [0.717, 1.165) is 50.1 Å². The van der Waals surface area contributed by atoms with Crippen molar-refractivity contribution in [3.05, 3.63) is 34.8 Å². The predicted octanol–water partition coefficient (Wildman–Crippen LogP) is 3.49. The van der Waals surface area contributed by atoms with Crippen molar-refractivity contribution in [2.24, 2.45) is 5.73 Å². The number of aromatic nitrogens is 1. The van der Waals surface area contributed by atoms with Crippen molar-refractivity contribution in [1.82, 2.24) is 9.69 Å². The van der Waals surface area contributed by atoms with Crippen molar-refractivity contribution in [2.45, 2.75) is 70.9 Å². The molecule has 2 aromatic rings. The Balaban J connectivity index is 2.02. The molecule has 1 aliphatic rings. The zero-order valence-corrected chi connectivity index (χ0v) is 20.5. The monoisotopic (exact) mass is 487 g/mol. The van der Waals surface area contributed by atoms with Crippen LogP contribution >= 0.6 is 11.5 Å². The molecule has 3 rings (SSSR count). The molecule has 0 radical (unpaired) electrons. The van der Waals surface area contributed by atoms with Crippen molar-refractivity contribution in [3.8, 4) is 5.75 Å². The fourth-order valence-electron chi connectivity index (χ4n) is 4.19. The highest BCUT2D eigenvalue weighted by Gasteiger charge is 2.35. The topological polar surface area (TPSA) is 141 Å². The van der Waals surface area contributed by atoms with E-state index in [1.807, 2.05) is 13.8 Å². The Morgan fingerprint density at radius 3 is 2.44 bits per heavy atom. The molecule has 1 atom stereocenters. The quantitative estimate of drug-likeness (QED) is 0.443. The van der Waals surface area contributed by atoms with Crippen LogP contribution in [0.25, 0.3) is 0 Å². The van der Waals surface area contributed by atoms with Crippen LogP contribution in [0.2, 0.25) is 0 Å². The summed E-state index contributed by atoms with van der Waals surface area (Å²) < 4.78 is 9.51. The first kappa shape index (κ1) is 25.5. The van der Waals surface area contributed by atoms with Gasteiger partial charge in [-0.25, -0.2) is 0 Å². The maximum Gasteiger partial charge on any atom is 0.272 e. The van der Waals surface area contributed by atoms with Gasteiger partial charge in [-0.2, -0.15) is 4.37 Å². The number of hydrogen-bond acceptors (Lipinski definition) is 7. The van der Waals surface area contributed by atoms with Crippen molar-refractivity contribution in [3.63, 3.8) is 0 Å². The van der Waals surface area contributed by atoms with E-state index in [0.29, 0.717) is 24.5 Å². The van der Waals surface area contributed by atoms with E-state index in [2.05, 4.69) is 9.69 Å². The fourth-order valence-corrected chi connectivity index (χ4v) is 4.93. The number of nitrogens with one attached hydrogen (secondary N) is 1. The number of amides is 3. The molecule has 1 saturated carbocycles. The standard InChI is InChI=1S/C24H33N5O4S/c1-3-5-10-18(23(31)27-15-8-6-7-9-15)29(16-11-13-17(14-12-16)33-4-2)24(32)21-19(25)20(22(26)30)28-34-21/h11-15,18H,3-10,25H2,1-2H3,(H2,26,30)(H,27,31)/t18-/m1/s1. The van der Waals surface area contributed by atoms with Crippen LogP contribution in [0, 0.1) is 0 Å². The van der Waals surface area contributed by atoms with Gasteiger partial charge < -0.3 is 21.5 Å². The number of rotatable bonds is 11. The average molecular weight is 488 g/mol. The van der Waals surface area contributed by atoms with Crippen LogP contribution < -0.4 is 26.4 Å². The molecule has 3 amide bonds. The highest BCUT2D eigenvalue weighted by Crippen LogP contribution is 2.30. The molecule has 1 aromatic carbocycles. The predicted molar refractivity (Wildman–Crippen MR) is 133 cm³/mol. The van der Waals surface area contributed by atoms with E-state index in [4.69, 9.17) is 16.2 Å². The maximum atomic E-state index is 13.8. The number of primary amides is 1. The molecular formula is C24H33N5O4S. The first-order valence-corrected chi connectivity index (χ1v) is 12.6. The molecule has 10 heteroatoms. The lowest BCUT2D eigenvalue weighted by Crippen LogP contribution is -2.51. The Morgan fingerprint density at radius 1 is 1.21 bits per heavy atom. The summed E-state index contributed by atoms with van der Waals surface area (Å²) >= 11 is 0.809. The van der Waals surface area contributed by atoms with Gasteiger partial charge in [-0.1, -0.05) is 32.6 Å². The van der Waals surface area contributed by atoms with Crippen molar-refractivity contribution < 1.29 is 19.1 Å². The third-order valence-corrected chi connectivity index (χ3v) is 6.80. The normalized spacial score (nSPS) is 14.5. The minimum absolute atomic E-state index is 0.0659. The number of nitrogen functional groups attached to an aromatic ring is 1. The number of nitrogens with zero attached hydrogens (tertiary/aromatic N) is 2. The van der Waals surface area contributed by atoms with Gasteiger partial charge in [0.05, 0.1) is 12.3 Å². The highest BCUT2D eigenvalue weighted by atomic mass is 32.1. The largest absolute Gasteiger partial charge is 0.494 e. The number of ether oxygens (including phenoxy) is 1. The summed E-state index contributed by atoms with van der Waals surface area (Å²) in [6.07, 6.45) is 6.15. The number of carbonyl (C=O) groups is 3. The first-order valence-electron chi connectivity index (χ1n) is 11.8. The van der Waals surface area contributed by atoms with Gasteiger partial charge in [-0.3, -0.25) is 19.3 Å². The average Bonchev–Trinajstić information content (AvgIpc) is 3.46. The summed E-state index contributed by atoms with van der Waals surface area (Å²) in [5.41, 5.74) is 11.7. The number of anilines is 2. The van der Waals surface area contributed by atoms with Gasteiger partial charge in [0.2, 0.25) is 5.91 Å². The van der Waals surface area contributed by atoms with Crippen LogP contribution in [-0.4, -0.2) is 40.8 Å². The third-order valence-electron chi connectivity index (χ3n) is 5.95. The van der Waals surface area contributed by atoms with Crippen molar-refractivity contribution in [1.29, 1.82) is 0 Å². The fraction of sp³-hybridized carbons (Fsp3) is 0.500. The zero-order valence-electron chi connectivity index (χ0n) is 19.7. The lowest BCUT2D eigenvalue weighted by Gasteiger charge is -2.32. The molecule has 0 aliphatic heterocycles. The number of carbonyl (C=O) groups excluding carboxylic acids is 3. The van der Waals surface area contributed by atoms with E-state index >= 15 is 0 Å². The molecule has 1 heterocycles. The van der Waals surface area contributed by atoms with Crippen molar-refractivity contribution in [2.75, 3.05) is 17.2 Å². The summed E-state index contributed by atoms with van der Waals surface area (Å²) in [7, 11) is 0. The highest BCUT2D eigenvalue weighted by molar-refractivity contribution is 7.09. The SMILES string of the molecule is CCCC[C@H](C(=O)NC1CCCC1)N(C(=O)c1snc(C(N)=O)c1N)c1ccc(OCC)cc1. The van der Waals surface area contributed by atoms with Gasteiger partial charge in [0, 0.05) is 11.7 Å². The Kier molecular flexibility index (Phi) is 8.86. The van der Waals surface area contributed by atoms with E-state index < -0.39 is 17.9 Å². The summed E-state index contributed by atoms with van der Waals surface area (Å²) in [6.45, 7) is 4.44. The molecule has 5 N–H and O–H groups in total. The van der Waals surface area contributed by atoms with Crippen LogP contribution in [0.5, 0.6) is 5.75 Å². The Hall–Kier alpha value is -3.14. The molecule has 184 valence electrons. The van der Waals surface area contributed by atoms with Crippen LogP contribution in [0.1, 0.15) is 79.0 Å². The second-order valence-electron chi connectivity index (χ2n) is 8.39. The molecule has 0 spiro atoms. The van der Waals surface area contributed by atoms with E-state index in [9.17, 15) is 14.4 Å².